The summed E-state index contributed by atoms with van der Waals surface area (Å²) in [5.74, 6) is -0.0570. The number of esters is 1. The van der Waals surface area contributed by atoms with E-state index >= 15 is 0 Å². The van der Waals surface area contributed by atoms with E-state index in [4.69, 9.17) is 9.47 Å². The monoisotopic (exact) mass is 269 g/mol. The number of carbonyl (C=O) groups excluding carboxylic acids is 1. The number of carbonyl (C=O) groups is 1. The van der Waals surface area contributed by atoms with E-state index in [9.17, 15) is 14.9 Å². The van der Waals surface area contributed by atoms with E-state index in [1.165, 1.54) is 19.2 Å². The Morgan fingerprint density at radius 1 is 1.53 bits per heavy atom. The Labute approximate surface area is 109 Å². The van der Waals surface area contributed by atoms with Gasteiger partial charge in [-0.3, -0.25) is 14.9 Å². The van der Waals surface area contributed by atoms with Crippen LogP contribution in [-0.4, -0.2) is 36.1 Å². The molecular formula is C11H15N3O5. The van der Waals surface area contributed by atoms with E-state index < -0.39 is 4.92 Å². The molecule has 0 aliphatic rings. The molecule has 1 N–H and O–H groups in total. The third-order valence-electron chi connectivity index (χ3n) is 2.18. The Balaban J connectivity index is 2.69. The predicted molar refractivity (Wildman–Crippen MR) is 67.2 cm³/mol. The first kappa shape index (κ1) is 14.7. The second kappa shape index (κ2) is 7.14. The van der Waals surface area contributed by atoms with Crippen LogP contribution in [0, 0.1) is 10.1 Å². The third-order valence-corrected chi connectivity index (χ3v) is 2.18. The van der Waals surface area contributed by atoms with Crippen molar-refractivity contribution in [2.75, 3.05) is 25.6 Å². The molecule has 0 bridgehead atoms. The van der Waals surface area contributed by atoms with Crippen LogP contribution in [0.15, 0.2) is 12.1 Å². The van der Waals surface area contributed by atoms with Gasteiger partial charge in [0, 0.05) is 18.7 Å². The zero-order valence-electron chi connectivity index (χ0n) is 10.7. The van der Waals surface area contributed by atoms with Gasteiger partial charge in [-0.05, 0) is 6.92 Å². The molecule has 1 rings (SSSR count). The minimum atomic E-state index is -0.556. The molecule has 0 amide bonds. The third kappa shape index (κ3) is 4.41. The molecule has 0 fully saturated rings. The van der Waals surface area contributed by atoms with Crippen LogP contribution in [0.25, 0.3) is 0 Å². The van der Waals surface area contributed by atoms with Gasteiger partial charge in [-0.25, -0.2) is 0 Å². The van der Waals surface area contributed by atoms with Crippen LogP contribution in [-0.2, 0) is 9.53 Å². The summed E-state index contributed by atoms with van der Waals surface area (Å²) in [5.41, 5.74) is -0.176. The van der Waals surface area contributed by atoms with Gasteiger partial charge in [-0.2, -0.15) is 4.98 Å². The molecule has 8 heteroatoms. The summed E-state index contributed by atoms with van der Waals surface area (Å²) in [6.45, 7) is 2.20. The van der Waals surface area contributed by atoms with E-state index in [1.54, 1.807) is 6.92 Å². The second-order valence-electron chi connectivity index (χ2n) is 3.46. The van der Waals surface area contributed by atoms with Crippen LogP contribution in [0.4, 0.5) is 11.5 Å². The van der Waals surface area contributed by atoms with Gasteiger partial charge in [0.05, 0.1) is 25.1 Å². The number of nitrogens with zero attached hydrogens (tertiary/aromatic N) is 2. The highest BCUT2D eigenvalue weighted by atomic mass is 16.6. The molecule has 0 aliphatic carbocycles. The maximum absolute atomic E-state index is 11.1. The predicted octanol–water partition coefficient (Wildman–Crippen LogP) is 1.36. The highest BCUT2D eigenvalue weighted by molar-refractivity contribution is 5.70. The first-order chi connectivity index (χ1) is 9.08. The molecule has 1 aromatic heterocycles. The highest BCUT2D eigenvalue weighted by Gasteiger charge is 2.16. The number of rotatable bonds is 7. The van der Waals surface area contributed by atoms with Crippen molar-refractivity contribution in [1.82, 2.24) is 4.98 Å². The van der Waals surface area contributed by atoms with E-state index in [0.717, 1.165) is 0 Å². The van der Waals surface area contributed by atoms with E-state index in [0.29, 0.717) is 6.61 Å². The number of nitrogens with one attached hydrogen (secondary N) is 1. The fraction of sp³-hybridized carbons (Fsp3) is 0.455. The maximum atomic E-state index is 11.1. The zero-order valence-corrected chi connectivity index (χ0v) is 10.7. The van der Waals surface area contributed by atoms with Crippen molar-refractivity contribution in [2.45, 2.75) is 13.3 Å². The van der Waals surface area contributed by atoms with Crippen molar-refractivity contribution in [3.05, 3.63) is 22.2 Å². The quantitative estimate of drug-likeness (QED) is 0.452. The Hall–Kier alpha value is -2.38. The topological polar surface area (TPSA) is 104 Å². The molecule has 19 heavy (non-hydrogen) atoms. The summed E-state index contributed by atoms with van der Waals surface area (Å²) in [5, 5.41) is 13.5. The van der Waals surface area contributed by atoms with Gasteiger partial charge >= 0.3 is 11.7 Å². The Morgan fingerprint density at radius 2 is 2.26 bits per heavy atom. The average Bonchev–Trinajstić information content (AvgIpc) is 2.38. The highest BCUT2D eigenvalue weighted by Crippen LogP contribution is 2.24. The SMILES string of the molecule is CCOC(=O)CCNc1nc(OC)ccc1[N+](=O)[O-]. The largest absolute Gasteiger partial charge is 0.481 e. The van der Waals surface area contributed by atoms with Gasteiger partial charge in [0.25, 0.3) is 0 Å². The molecule has 1 heterocycles. The molecular weight excluding hydrogens is 254 g/mol. The normalized spacial score (nSPS) is 9.79. The number of hydrogen-bond acceptors (Lipinski definition) is 7. The lowest BCUT2D eigenvalue weighted by Crippen LogP contribution is -2.13. The van der Waals surface area contributed by atoms with Crippen LogP contribution < -0.4 is 10.1 Å². The minimum Gasteiger partial charge on any atom is -0.481 e. The summed E-state index contributed by atoms with van der Waals surface area (Å²) in [4.78, 5) is 25.3. The van der Waals surface area contributed by atoms with Gasteiger partial charge in [0.1, 0.15) is 0 Å². The lowest BCUT2D eigenvalue weighted by molar-refractivity contribution is -0.384. The van der Waals surface area contributed by atoms with E-state index in [1.807, 2.05) is 0 Å². The molecule has 0 unspecified atom stereocenters. The standard InChI is InChI=1S/C11H15N3O5/c1-3-19-10(15)6-7-12-11-8(14(16)17)4-5-9(13-11)18-2/h4-5H,3,6-7H2,1-2H3,(H,12,13). The van der Waals surface area contributed by atoms with Crippen LogP contribution in [0.3, 0.4) is 0 Å². The summed E-state index contributed by atoms with van der Waals surface area (Å²) in [7, 11) is 1.41. The first-order valence-corrected chi connectivity index (χ1v) is 5.67. The van der Waals surface area contributed by atoms with Crippen molar-refractivity contribution in [1.29, 1.82) is 0 Å². The van der Waals surface area contributed by atoms with E-state index in [-0.39, 0.29) is 36.3 Å². The lowest BCUT2D eigenvalue weighted by atomic mass is 10.3. The first-order valence-electron chi connectivity index (χ1n) is 5.67. The maximum Gasteiger partial charge on any atom is 0.311 e. The summed E-state index contributed by atoms with van der Waals surface area (Å²) in [6, 6.07) is 2.69. The smallest absolute Gasteiger partial charge is 0.311 e. The van der Waals surface area contributed by atoms with Gasteiger partial charge in [0.2, 0.25) is 11.7 Å². The molecule has 104 valence electrons. The summed E-state index contributed by atoms with van der Waals surface area (Å²) < 4.78 is 9.63. The van der Waals surface area contributed by atoms with Crippen molar-refractivity contribution < 1.29 is 19.2 Å². The van der Waals surface area contributed by atoms with Gasteiger partial charge < -0.3 is 14.8 Å². The van der Waals surface area contributed by atoms with Gasteiger partial charge in [0.15, 0.2) is 0 Å². The number of aromatic nitrogens is 1. The van der Waals surface area contributed by atoms with Gasteiger partial charge in [-0.1, -0.05) is 0 Å². The number of hydrogen-bond donors (Lipinski definition) is 1. The minimum absolute atomic E-state index is 0.0636. The molecule has 0 radical (unpaired) electrons. The number of anilines is 1. The molecule has 0 aromatic carbocycles. The molecule has 0 atom stereocenters. The Bertz CT molecular complexity index is 464. The molecule has 0 saturated carbocycles. The van der Waals surface area contributed by atoms with Crippen LogP contribution >= 0.6 is 0 Å². The van der Waals surface area contributed by atoms with Crippen molar-refractivity contribution in [3.8, 4) is 5.88 Å². The fourth-order valence-corrected chi connectivity index (χ4v) is 1.34. The Kier molecular flexibility index (Phi) is 5.52. The molecule has 8 nitrogen and oxygen atoms in total. The fourth-order valence-electron chi connectivity index (χ4n) is 1.34. The number of methoxy groups -OCH3 is 1. The van der Waals surface area contributed by atoms with Crippen LogP contribution in [0.2, 0.25) is 0 Å². The number of pyridine rings is 1. The number of nitro groups is 1. The average molecular weight is 269 g/mol. The summed E-state index contributed by atoms with van der Waals surface area (Å²) in [6.07, 6.45) is 0.101. The molecule has 0 aliphatic heterocycles. The number of ether oxygens (including phenoxy) is 2. The second-order valence-corrected chi connectivity index (χ2v) is 3.46. The molecule has 1 aromatic rings. The molecule has 0 spiro atoms. The van der Waals surface area contributed by atoms with Crippen LogP contribution in [0.5, 0.6) is 5.88 Å². The molecule has 0 saturated heterocycles. The van der Waals surface area contributed by atoms with Crippen LogP contribution in [0.1, 0.15) is 13.3 Å². The van der Waals surface area contributed by atoms with Crippen molar-refractivity contribution in [2.24, 2.45) is 0 Å². The Morgan fingerprint density at radius 3 is 2.84 bits per heavy atom. The summed E-state index contributed by atoms with van der Waals surface area (Å²) >= 11 is 0. The van der Waals surface area contributed by atoms with Gasteiger partial charge in [-0.15, -0.1) is 0 Å². The van der Waals surface area contributed by atoms with Crippen molar-refractivity contribution >= 4 is 17.5 Å². The zero-order chi connectivity index (χ0) is 14.3. The van der Waals surface area contributed by atoms with Crippen molar-refractivity contribution in [3.63, 3.8) is 0 Å². The lowest BCUT2D eigenvalue weighted by Gasteiger charge is -2.07. The van der Waals surface area contributed by atoms with E-state index in [2.05, 4.69) is 10.3 Å².